The third-order valence-electron chi connectivity index (χ3n) is 2.70. The molecule has 0 aliphatic heterocycles. The number of carboxylic acid groups (broad SMARTS) is 1. The van der Waals surface area contributed by atoms with Gasteiger partial charge < -0.3 is 10.4 Å². The lowest BCUT2D eigenvalue weighted by Crippen LogP contribution is -2.43. The maximum atomic E-state index is 12.0. The Bertz CT molecular complexity index is 452. The van der Waals surface area contributed by atoms with E-state index in [0.717, 1.165) is 5.56 Å². The van der Waals surface area contributed by atoms with Gasteiger partial charge in [0.15, 0.2) is 0 Å². The monoisotopic (exact) mass is 249 g/mol. The molecule has 0 aliphatic carbocycles. The average molecular weight is 249 g/mol. The molecule has 0 unspecified atom stereocenters. The predicted molar refractivity (Wildman–Crippen MR) is 69.6 cm³/mol. The van der Waals surface area contributed by atoms with E-state index in [1.54, 1.807) is 6.07 Å². The number of aliphatic carboxylic acids is 1. The molecule has 0 saturated carbocycles. The number of nitrogens with one attached hydrogen (secondary N) is 1. The molecule has 4 nitrogen and oxygen atoms in total. The SMILES string of the molecule is Cc1cccc(C(=O)NC(C)(C)CCC(=O)O)c1. The molecule has 0 aliphatic rings. The number of rotatable bonds is 5. The second-order valence-corrected chi connectivity index (χ2v) is 5.10. The third kappa shape index (κ3) is 4.57. The highest BCUT2D eigenvalue weighted by molar-refractivity contribution is 5.94. The highest BCUT2D eigenvalue weighted by Crippen LogP contribution is 2.13. The zero-order valence-electron chi connectivity index (χ0n) is 11.0. The first-order valence-electron chi connectivity index (χ1n) is 5.91. The van der Waals surface area contributed by atoms with Crippen LogP contribution in [0.3, 0.4) is 0 Å². The maximum absolute atomic E-state index is 12.0. The molecule has 0 saturated heterocycles. The fraction of sp³-hybridized carbons (Fsp3) is 0.429. The molecule has 1 aromatic carbocycles. The second kappa shape index (κ2) is 5.67. The van der Waals surface area contributed by atoms with Crippen LogP contribution in [0.5, 0.6) is 0 Å². The number of aryl methyl sites for hydroxylation is 1. The minimum Gasteiger partial charge on any atom is -0.481 e. The van der Waals surface area contributed by atoms with Crippen LogP contribution in [-0.2, 0) is 4.79 Å². The van der Waals surface area contributed by atoms with Gasteiger partial charge in [-0.1, -0.05) is 17.7 Å². The van der Waals surface area contributed by atoms with E-state index in [1.165, 1.54) is 0 Å². The summed E-state index contributed by atoms with van der Waals surface area (Å²) in [5.41, 5.74) is 1.09. The van der Waals surface area contributed by atoms with Crippen molar-refractivity contribution in [1.82, 2.24) is 5.32 Å². The lowest BCUT2D eigenvalue weighted by molar-refractivity contribution is -0.137. The topological polar surface area (TPSA) is 66.4 Å². The van der Waals surface area contributed by atoms with Crippen LogP contribution in [-0.4, -0.2) is 22.5 Å². The van der Waals surface area contributed by atoms with Gasteiger partial charge >= 0.3 is 5.97 Å². The summed E-state index contributed by atoms with van der Waals surface area (Å²) >= 11 is 0. The Balaban J connectivity index is 2.66. The summed E-state index contributed by atoms with van der Waals surface area (Å²) in [5.74, 6) is -1.03. The first kappa shape index (κ1) is 14.2. The van der Waals surface area contributed by atoms with Gasteiger partial charge in [-0.3, -0.25) is 9.59 Å². The molecule has 0 spiro atoms. The van der Waals surface area contributed by atoms with Gasteiger partial charge in [0.05, 0.1) is 0 Å². The Morgan fingerprint density at radius 3 is 2.56 bits per heavy atom. The zero-order valence-corrected chi connectivity index (χ0v) is 11.0. The summed E-state index contributed by atoms with van der Waals surface area (Å²) in [6.07, 6.45) is 0.445. The summed E-state index contributed by atoms with van der Waals surface area (Å²) < 4.78 is 0. The Labute approximate surface area is 107 Å². The summed E-state index contributed by atoms with van der Waals surface area (Å²) in [5, 5.41) is 11.5. The minimum absolute atomic E-state index is 0.0428. The Hall–Kier alpha value is -1.84. The van der Waals surface area contributed by atoms with Gasteiger partial charge in [-0.25, -0.2) is 0 Å². The van der Waals surface area contributed by atoms with Crippen molar-refractivity contribution in [3.63, 3.8) is 0 Å². The molecular weight excluding hydrogens is 230 g/mol. The summed E-state index contributed by atoms with van der Waals surface area (Å²) in [6.45, 7) is 5.57. The van der Waals surface area contributed by atoms with Gasteiger partial charge in [0, 0.05) is 17.5 Å². The van der Waals surface area contributed by atoms with Crippen LogP contribution in [0, 0.1) is 6.92 Å². The van der Waals surface area contributed by atoms with E-state index in [4.69, 9.17) is 5.11 Å². The molecule has 98 valence electrons. The van der Waals surface area contributed by atoms with Crippen molar-refractivity contribution in [2.45, 2.75) is 39.2 Å². The maximum Gasteiger partial charge on any atom is 0.303 e. The Morgan fingerprint density at radius 1 is 1.33 bits per heavy atom. The quantitative estimate of drug-likeness (QED) is 0.841. The van der Waals surface area contributed by atoms with Crippen molar-refractivity contribution in [3.8, 4) is 0 Å². The molecule has 1 amide bonds. The van der Waals surface area contributed by atoms with Crippen molar-refractivity contribution in [3.05, 3.63) is 35.4 Å². The first-order chi connectivity index (χ1) is 8.30. The fourth-order valence-electron chi connectivity index (χ4n) is 1.65. The van der Waals surface area contributed by atoms with Gasteiger partial charge in [0.2, 0.25) is 0 Å². The van der Waals surface area contributed by atoms with Gasteiger partial charge in [0.25, 0.3) is 5.91 Å². The molecule has 0 heterocycles. The highest BCUT2D eigenvalue weighted by Gasteiger charge is 2.22. The van der Waals surface area contributed by atoms with Crippen molar-refractivity contribution in [2.24, 2.45) is 0 Å². The van der Waals surface area contributed by atoms with Gasteiger partial charge in [0.1, 0.15) is 0 Å². The fourth-order valence-corrected chi connectivity index (χ4v) is 1.65. The van der Waals surface area contributed by atoms with Gasteiger partial charge in [-0.05, 0) is 39.3 Å². The first-order valence-corrected chi connectivity index (χ1v) is 5.91. The lowest BCUT2D eigenvalue weighted by Gasteiger charge is -2.25. The van der Waals surface area contributed by atoms with E-state index < -0.39 is 11.5 Å². The van der Waals surface area contributed by atoms with Crippen LogP contribution < -0.4 is 5.32 Å². The molecule has 0 radical (unpaired) electrons. The van der Waals surface area contributed by atoms with Crippen molar-refractivity contribution >= 4 is 11.9 Å². The highest BCUT2D eigenvalue weighted by atomic mass is 16.4. The molecule has 18 heavy (non-hydrogen) atoms. The van der Waals surface area contributed by atoms with Crippen molar-refractivity contribution in [2.75, 3.05) is 0 Å². The van der Waals surface area contributed by atoms with Crippen LogP contribution in [0.1, 0.15) is 42.6 Å². The summed E-state index contributed by atoms with van der Waals surface area (Å²) in [7, 11) is 0. The smallest absolute Gasteiger partial charge is 0.303 e. The molecule has 1 aromatic rings. The van der Waals surface area contributed by atoms with E-state index >= 15 is 0 Å². The van der Waals surface area contributed by atoms with Crippen molar-refractivity contribution in [1.29, 1.82) is 0 Å². The van der Waals surface area contributed by atoms with Crippen LogP contribution in [0.25, 0.3) is 0 Å². The number of carbonyl (C=O) groups excluding carboxylic acids is 1. The molecule has 0 atom stereocenters. The van der Waals surface area contributed by atoms with E-state index in [0.29, 0.717) is 12.0 Å². The van der Waals surface area contributed by atoms with E-state index in [9.17, 15) is 9.59 Å². The number of benzene rings is 1. The van der Waals surface area contributed by atoms with Gasteiger partial charge in [-0.2, -0.15) is 0 Å². The van der Waals surface area contributed by atoms with Crippen LogP contribution in [0.2, 0.25) is 0 Å². The van der Waals surface area contributed by atoms with E-state index in [-0.39, 0.29) is 12.3 Å². The third-order valence-corrected chi connectivity index (χ3v) is 2.70. The molecule has 0 fully saturated rings. The number of hydrogen-bond acceptors (Lipinski definition) is 2. The van der Waals surface area contributed by atoms with Crippen molar-refractivity contribution < 1.29 is 14.7 Å². The molecule has 1 rings (SSSR count). The van der Waals surface area contributed by atoms with Crippen LogP contribution >= 0.6 is 0 Å². The zero-order chi connectivity index (χ0) is 13.8. The molecule has 4 heteroatoms. The largest absolute Gasteiger partial charge is 0.481 e. The van der Waals surface area contributed by atoms with E-state index in [1.807, 2.05) is 39.0 Å². The average Bonchev–Trinajstić information content (AvgIpc) is 2.26. The molecule has 2 N–H and O–H groups in total. The lowest BCUT2D eigenvalue weighted by atomic mass is 9.97. The summed E-state index contributed by atoms with van der Waals surface area (Å²) in [6, 6.07) is 7.30. The van der Waals surface area contributed by atoms with E-state index in [2.05, 4.69) is 5.32 Å². The number of carboxylic acids is 1. The minimum atomic E-state index is -0.854. The Kier molecular flexibility index (Phi) is 4.48. The van der Waals surface area contributed by atoms with Gasteiger partial charge in [-0.15, -0.1) is 0 Å². The second-order valence-electron chi connectivity index (χ2n) is 5.10. The Morgan fingerprint density at radius 2 is 2.00 bits per heavy atom. The van der Waals surface area contributed by atoms with Crippen LogP contribution in [0.4, 0.5) is 0 Å². The molecule has 0 bridgehead atoms. The normalized spacial score (nSPS) is 11.1. The summed E-state index contributed by atoms with van der Waals surface area (Å²) in [4.78, 5) is 22.5. The van der Waals surface area contributed by atoms with Crippen LogP contribution in [0.15, 0.2) is 24.3 Å². The number of hydrogen-bond donors (Lipinski definition) is 2. The number of amides is 1. The molecule has 0 aromatic heterocycles. The predicted octanol–water partition coefficient (Wildman–Crippen LogP) is 2.37. The molecular formula is C14H19NO3. The number of carbonyl (C=O) groups is 2. The standard InChI is InChI=1S/C14H19NO3/c1-10-5-4-6-11(9-10)13(18)15-14(2,3)8-7-12(16)17/h4-6,9H,7-8H2,1-3H3,(H,15,18)(H,16,17).